The molecule has 52 heavy (non-hydrogen) atoms. The first-order valence-electron chi connectivity index (χ1n) is 19.1. The number of nitrogens with zero attached hydrogens (tertiary/aromatic N) is 3. The molecule has 2 aromatic carbocycles. The minimum Gasteiger partial charge on any atom is -0.497 e. The molecule has 10 nitrogen and oxygen atoms in total. The van der Waals surface area contributed by atoms with Gasteiger partial charge in [0.1, 0.15) is 5.75 Å². The normalized spacial score (nSPS) is 23.9. The van der Waals surface area contributed by atoms with Crippen LogP contribution in [0, 0.1) is 10.8 Å². The Bertz CT molecular complexity index is 1970. The summed E-state index contributed by atoms with van der Waals surface area (Å²) in [5, 5.41) is 12.5. The Balaban J connectivity index is 0.00000228. The molecule has 7 rings (SSSR count). The fourth-order valence-electron chi connectivity index (χ4n) is 8.66. The van der Waals surface area contributed by atoms with E-state index in [0.29, 0.717) is 31.8 Å². The van der Waals surface area contributed by atoms with E-state index in [4.69, 9.17) is 4.74 Å². The predicted molar refractivity (Wildman–Crippen MR) is 206 cm³/mol. The molecular formula is C41H58N4O6S. The van der Waals surface area contributed by atoms with Crippen LogP contribution in [0.3, 0.4) is 0 Å². The largest absolute Gasteiger partial charge is 0.497 e. The summed E-state index contributed by atoms with van der Waals surface area (Å²) in [6.07, 6.45) is 7.72. The number of amides is 2. The van der Waals surface area contributed by atoms with E-state index in [1.165, 1.54) is 26.1 Å². The van der Waals surface area contributed by atoms with E-state index >= 15 is 0 Å². The van der Waals surface area contributed by atoms with Crippen LogP contribution in [0.1, 0.15) is 126 Å². The molecule has 4 aliphatic rings. The molecule has 1 saturated heterocycles. The van der Waals surface area contributed by atoms with E-state index in [2.05, 4.69) is 21.4 Å². The maximum atomic E-state index is 14.9. The highest BCUT2D eigenvalue weighted by atomic mass is 32.2. The molecule has 2 amide bonds. The van der Waals surface area contributed by atoms with Crippen LogP contribution in [0.25, 0.3) is 22.2 Å². The van der Waals surface area contributed by atoms with Crippen molar-refractivity contribution in [1.82, 2.24) is 18.5 Å². The van der Waals surface area contributed by atoms with Crippen LogP contribution in [0.2, 0.25) is 0 Å². The van der Waals surface area contributed by atoms with Gasteiger partial charge in [-0.1, -0.05) is 59.9 Å². The Labute approximate surface area is 310 Å². The highest BCUT2D eigenvalue weighted by Gasteiger charge is 2.65. The number of likely N-dealkylation sites (tertiary alicyclic amines) is 1. The van der Waals surface area contributed by atoms with Crippen LogP contribution >= 0.6 is 0 Å². The van der Waals surface area contributed by atoms with Gasteiger partial charge in [-0.05, 0) is 91.8 Å². The number of aromatic nitrogens is 1. The van der Waals surface area contributed by atoms with Gasteiger partial charge in [0.25, 0.3) is 5.91 Å². The summed E-state index contributed by atoms with van der Waals surface area (Å²) in [5.41, 5.74) is 3.69. The molecule has 0 bridgehead atoms. The summed E-state index contributed by atoms with van der Waals surface area (Å²) in [4.78, 5) is 30.3. The molecule has 4 unspecified atom stereocenters. The number of benzene rings is 2. The van der Waals surface area contributed by atoms with Gasteiger partial charge < -0.3 is 19.3 Å². The van der Waals surface area contributed by atoms with Crippen LogP contribution in [-0.4, -0.2) is 78.5 Å². The van der Waals surface area contributed by atoms with E-state index in [0.717, 1.165) is 69.9 Å². The van der Waals surface area contributed by atoms with E-state index in [9.17, 15) is 23.1 Å². The Morgan fingerprint density at radius 1 is 1.02 bits per heavy atom. The highest BCUT2D eigenvalue weighted by Crippen LogP contribution is 2.66. The second kappa shape index (κ2) is 13.8. The van der Waals surface area contributed by atoms with Crippen molar-refractivity contribution in [2.75, 3.05) is 27.7 Å². The van der Waals surface area contributed by atoms with Crippen molar-refractivity contribution in [3.8, 4) is 17.0 Å². The number of hydrogen-bond donors (Lipinski definition) is 2. The highest BCUT2D eigenvalue weighted by molar-refractivity contribution is 7.87. The van der Waals surface area contributed by atoms with E-state index in [1.54, 1.807) is 13.2 Å². The van der Waals surface area contributed by atoms with Crippen molar-refractivity contribution in [2.45, 2.75) is 123 Å². The molecule has 3 aromatic rings. The molecule has 0 spiro atoms. The zero-order chi connectivity index (χ0) is 38.0. The van der Waals surface area contributed by atoms with Crippen molar-refractivity contribution in [3.05, 3.63) is 53.1 Å². The van der Waals surface area contributed by atoms with Gasteiger partial charge in [0, 0.05) is 61.2 Å². The molecule has 1 aromatic heterocycles. The van der Waals surface area contributed by atoms with Crippen molar-refractivity contribution in [3.63, 3.8) is 0 Å². The number of hydrogen-bond acceptors (Lipinski definition) is 6. The molecule has 0 radical (unpaired) electrons. The average Bonchev–Trinajstić information content (AvgIpc) is 3.77. The van der Waals surface area contributed by atoms with Gasteiger partial charge in [-0.15, -0.1) is 0 Å². The minimum absolute atomic E-state index is 0.00431. The molecule has 3 heterocycles. The van der Waals surface area contributed by atoms with E-state index in [1.807, 2.05) is 64.6 Å². The fourth-order valence-corrected chi connectivity index (χ4v) is 9.20. The lowest BCUT2D eigenvalue weighted by Gasteiger charge is -2.48. The fraction of sp³-hybridized carbons (Fsp3) is 0.610. The summed E-state index contributed by atoms with van der Waals surface area (Å²) in [5.74, 6) is 0.502. The van der Waals surface area contributed by atoms with Gasteiger partial charge in [0.2, 0.25) is 5.91 Å². The number of rotatable bonds is 8. The summed E-state index contributed by atoms with van der Waals surface area (Å²) in [6, 6.07) is 11.7. The average molecular weight is 735 g/mol. The second-order valence-electron chi connectivity index (χ2n) is 16.7. The molecule has 3 fully saturated rings. The lowest BCUT2D eigenvalue weighted by Crippen LogP contribution is -2.58. The second-order valence-corrected chi connectivity index (χ2v) is 18.6. The van der Waals surface area contributed by atoms with Gasteiger partial charge >= 0.3 is 10.2 Å². The number of aliphatic hydroxyl groups is 1. The third kappa shape index (κ3) is 6.44. The summed E-state index contributed by atoms with van der Waals surface area (Å²) in [6.45, 7) is 13.1. The topological polar surface area (TPSA) is 121 Å². The molecule has 2 N–H and O–H groups in total. The number of fused-ring (bicyclic) bond motifs is 7. The lowest BCUT2D eigenvalue weighted by molar-refractivity contribution is -0.150. The molecule has 2 saturated carbocycles. The predicted octanol–water partition coefficient (Wildman–Crippen LogP) is 7.20. The minimum atomic E-state index is -3.99. The van der Waals surface area contributed by atoms with Crippen LogP contribution in [-0.2, 0) is 21.5 Å². The van der Waals surface area contributed by atoms with Gasteiger partial charge in [-0.3, -0.25) is 9.59 Å². The van der Waals surface area contributed by atoms with Crippen molar-refractivity contribution in [2.24, 2.45) is 10.8 Å². The third-order valence-corrected chi connectivity index (χ3v) is 14.0. The first kappa shape index (κ1) is 38.3. The molecular weight excluding hydrogens is 677 g/mol. The van der Waals surface area contributed by atoms with Gasteiger partial charge in [0.15, 0.2) is 0 Å². The molecule has 2 aliphatic carbocycles. The van der Waals surface area contributed by atoms with Crippen molar-refractivity contribution >= 4 is 32.9 Å². The van der Waals surface area contributed by atoms with Crippen molar-refractivity contribution < 1.29 is 27.9 Å². The standard InChI is InChI=1S/C39H52N4O6S.C2H6/c1-37(2,3)38(4,46)21-26-17-18-42(26)36(45)39-22-31(39)30-20-27(49-7)14-16-28(30)34-33(24-11-9-8-10-12-24)29-15-13-25(19-32(29)43(34)23-39)35(44)40-50(47,48)41(5)6;1-2/h13-16,19-20,24,26,31,46H,8-12,17-18,21-23H2,1-7H3,(H,40,44);1-2H3. The van der Waals surface area contributed by atoms with Crippen LogP contribution in [0.5, 0.6) is 5.75 Å². The first-order chi connectivity index (χ1) is 24.5. The quantitative estimate of drug-likeness (QED) is 0.253. The first-order valence-corrected chi connectivity index (χ1v) is 20.6. The van der Waals surface area contributed by atoms with E-state index < -0.39 is 27.1 Å². The summed E-state index contributed by atoms with van der Waals surface area (Å²) < 4.78 is 36.4. The van der Waals surface area contributed by atoms with Gasteiger partial charge in [0.05, 0.1) is 23.8 Å². The molecule has 284 valence electrons. The monoisotopic (exact) mass is 734 g/mol. The Morgan fingerprint density at radius 3 is 2.31 bits per heavy atom. The SMILES string of the molecule is CC.COc1ccc2c(c1)C1CC1(C(=O)N1CCC1CC(C)(O)C(C)(C)C)Cn1c-2c(C2CCCCC2)c2ccc(C(=O)NS(=O)(=O)N(C)C)cc21. The molecule has 2 aliphatic heterocycles. The Morgan fingerprint density at radius 2 is 1.71 bits per heavy atom. The summed E-state index contributed by atoms with van der Waals surface area (Å²) >= 11 is 0. The lowest BCUT2D eigenvalue weighted by atomic mass is 9.72. The van der Waals surface area contributed by atoms with E-state index in [-0.39, 0.29) is 28.8 Å². The maximum Gasteiger partial charge on any atom is 0.303 e. The van der Waals surface area contributed by atoms with Gasteiger partial charge in [-0.25, -0.2) is 4.72 Å². The van der Waals surface area contributed by atoms with Crippen LogP contribution < -0.4 is 9.46 Å². The number of ether oxygens (including phenoxy) is 1. The number of carbonyl (C=O) groups excluding carboxylic acids is 2. The molecule has 4 atom stereocenters. The van der Waals surface area contributed by atoms with Gasteiger partial charge in [-0.2, -0.15) is 12.7 Å². The van der Waals surface area contributed by atoms with Crippen molar-refractivity contribution in [1.29, 1.82) is 0 Å². The number of methoxy groups -OCH3 is 1. The smallest absolute Gasteiger partial charge is 0.303 e. The number of carbonyl (C=O) groups is 2. The zero-order valence-electron chi connectivity index (χ0n) is 32.5. The maximum absolute atomic E-state index is 14.9. The molecule has 11 heteroatoms. The number of nitrogens with one attached hydrogen (secondary N) is 1. The zero-order valence-corrected chi connectivity index (χ0v) is 33.3. The third-order valence-electron chi connectivity index (χ3n) is 12.6. The Kier molecular flexibility index (Phi) is 10.2. The van der Waals surface area contributed by atoms with Crippen LogP contribution in [0.4, 0.5) is 0 Å². The van der Waals surface area contributed by atoms with Crippen LogP contribution in [0.15, 0.2) is 36.4 Å². The summed E-state index contributed by atoms with van der Waals surface area (Å²) in [7, 11) is 0.437. The Hall–Kier alpha value is -3.41.